The molecule has 1 saturated carbocycles. The highest BCUT2D eigenvalue weighted by molar-refractivity contribution is 7.14. The van der Waals surface area contributed by atoms with Gasteiger partial charge in [-0.3, -0.25) is 9.59 Å². The second kappa shape index (κ2) is 5.91. The summed E-state index contributed by atoms with van der Waals surface area (Å²) in [5, 5.41) is 9.38. The number of carboxylic acids is 1. The van der Waals surface area contributed by atoms with Gasteiger partial charge in [-0.25, -0.2) is 0 Å². The number of Topliss-reactive ketones (excluding diaryl/α,β-unsaturated/α-hetero) is 1. The number of rotatable bonds is 4. The van der Waals surface area contributed by atoms with Gasteiger partial charge >= 0.3 is 5.97 Å². The first kappa shape index (κ1) is 16.2. The average molecular weight is 308 g/mol. The number of hydrogen-bond acceptors (Lipinski definition) is 3. The normalized spacial score (nSPS) is 26.0. The standard InChI is InChI=1S/C17H24O3S/c1-5-10-8-11(12(9-10)16(19)20)15(18)13-6-7-14(21-13)17(2,3)4/h6-7,10-12H,5,8-9H2,1-4H3,(H,19,20). The molecule has 1 fully saturated rings. The molecule has 4 heteroatoms. The second-order valence-electron chi connectivity index (χ2n) is 7.08. The van der Waals surface area contributed by atoms with Crippen molar-refractivity contribution < 1.29 is 14.7 Å². The van der Waals surface area contributed by atoms with E-state index in [-0.39, 0.29) is 17.1 Å². The molecule has 2 rings (SSSR count). The summed E-state index contributed by atoms with van der Waals surface area (Å²) >= 11 is 1.51. The highest BCUT2D eigenvalue weighted by atomic mass is 32.1. The third-order valence-corrected chi connectivity index (χ3v) is 6.01. The van der Waals surface area contributed by atoms with Gasteiger partial charge in [0.1, 0.15) is 0 Å². The average Bonchev–Trinajstić information content (AvgIpc) is 3.04. The number of ketones is 1. The monoisotopic (exact) mass is 308 g/mol. The van der Waals surface area contributed by atoms with Crippen LogP contribution in [0.15, 0.2) is 12.1 Å². The molecule has 21 heavy (non-hydrogen) atoms. The molecule has 1 aromatic rings. The van der Waals surface area contributed by atoms with Gasteiger partial charge in [0.2, 0.25) is 0 Å². The Morgan fingerprint density at radius 2 is 1.86 bits per heavy atom. The van der Waals surface area contributed by atoms with E-state index in [0.29, 0.717) is 17.2 Å². The molecule has 3 nitrogen and oxygen atoms in total. The van der Waals surface area contributed by atoms with Gasteiger partial charge < -0.3 is 5.11 Å². The van der Waals surface area contributed by atoms with Gasteiger partial charge in [0.05, 0.1) is 10.8 Å². The summed E-state index contributed by atoms with van der Waals surface area (Å²) in [5.74, 6) is -1.29. The second-order valence-corrected chi connectivity index (χ2v) is 8.16. The molecule has 0 aromatic carbocycles. The van der Waals surface area contributed by atoms with E-state index < -0.39 is 11.9 Å². The van der Waals surface area contributed by atoms with Crippen LogP contribution in [0, 0.1) is 17.8 Å². The van der Waals surface area contributed by atoms with Gasteiger partial charge in [-0.05, 0) is 36.3 Å². The lowest BCUT2D eigenvalue weighted by Crippen LogP contribution is -2.24. The van der Waals surface area contributed by atoms with Crippen LogP contribution < -0.4 is 0 Å². The molecule has 0 radical (unpaired) electrons. The van der Waals surface area contributed by atoms with Crippen molar-refractivity contribution in [3.8, 4) is 0 Å². The summed E-state index contributed by atoms with van der Waals surface area (Å²) < 4.78 is 0. The molecule has 0 bridgehead atoms. The molecule has 1 aromatic heterocycles. The predicted molar refractivity (Wildman–Crippen MR) is 85.0 cm³/mol. The van der Waals surface area contributed by atoms with Crippen LogP contribution >= 0.6 is 11.3 Å². The molecule has 0 aliphatic heterocycles. The molecule has 0 amide bonds. The van der Waals surface area contributed by atoms with Crippen molar-refractivity contribution in [2.24, 2.45) is 17.8 Å². The van der Waals surface area contributed by atoms with Crippen molar-refractivity contribution in [3.63, 3.8) is 0 Å². The summed E-state index contributed by atoms with van der Waals surface area (Å²) in [6.45, 7) is 8.43. The van der Waals surface area contributed by atoms with E-state index in [1.165, 1.54) is 16.2 Å². The van der Waals surface area contributed by atoms with Crippen molar-refractivity contribution in [3.05, 3.63) is 21.9 Å². The lowest BCUT2D eigenvalue weighted by atomic mass is 9.91. The Labute approximate surface area is 130 Å². The molecule has 1 aliphatic carbocycles. The summed E-state index contributed by atoms with van der Waals surface area (Å²) in [4.78, 5) is 26.0. The summed E-state index contributed by atoms with van der Waals surface area (Å²) in [6, 6.07) is 3.87. The Morgan fingerprint density at radius 1 is 1.24 bits per heavy atom. The van der Waals surface area contributed by atoms with E-state index in [2.05, 4.69) is 27.7 Å². The van der Waals surface area contributed by atoms with Crippen molar-refractivity contribution >= 4 is 23.1 Å². The first-order chi connectivity index (χ1) is 9.74. The fourth-order valence-electron chi connectivity index (χ4n) is 3.10. The molecule has 0 saturated heterocycles. The Hall–Kier alpha value is -1.16. The first-order valence-electron chi connectivity index (χ1n) is 7.61. The van der Waals surface area contributed by atoms with Gasteiger partial charge in [-0.2, -0.15) is 0 Å². The van der Waals surface area contributed by atoms with E-state index in [9.17, 15) is 14.7 Å². The molecule has 3 unspecified atom stereocenters. The van der Waals surface area contributed by atoms with E-state index in [1.54, 1.807) is 0 Å². The van der Waals surface area contributed by atoms with Crippen molar-refractivity contribution in [1.82, 2.24) is 0 Å². The van der Waals surface area contributed by atoms with Crippen molar-refractivity contribution in [1.29, 1.82) is 0 Å². The van der Waals surface area contributed by atoms with Crippen LogP contribution in [0.5, 0.6) is 0 Å². The van der Waals surface area contributed by atoms with Crippen LogP contribution in [0.25, 0.3) is 0 Å². The number of hydrogen-bond donors (Lipinski definition) is 1. The maximum atomic E-state index is 12.7. The van der Waals surface area contributed by atoms with Crippen molar-refractivity contribution in [2.75, 3.05) is 0 Å². The highest BCUT2D eigenvalue weighted by Crippen LogP contribution is 2.41. The Morgan fingerprint density at radius 3 is 2.33 bits per heavy atom. The van der Waals surface area contributed by atoms with E-state index in [0.717, 1.165) is 12.8 Å². The maximum absolute atomic E-state index is 12.7. The predicted octanol–water partition coefficient (Wildman–Crippen LogP) is 4.37. The molecule has 1 aliphatic rings. The summed E-state index contributed by atoms with van der Waals surface area (Å²) in [7, 11) is 0. The fourth-order valence-corrected chi connectivity index (χ4v) is 4.16. The Kier molecular flexibility index (Phi) is 4.57. The van der Waals surface area contributed by atoms with Crippen LogP contribution in [0.1, 0.15) is 61.5 Å². The van der Waals surface area contributed by atoms with Crippen LogP contribution in [-0.4, -0.2) is 16.9 Å². The maximum Gasteiger partial charge on any atom is 0.307 e. The van der Waals surface area contributed by atoms with Gasteiger partial charge in [-0.1, -0.05) is 34.1 Å². The molecule has 1 N–H and O–H groups in total. The van der Waals surface area contributed by atoms with Crippen molar-refractivity contribution in [2.45, 2.75) is 52.4 Å². The smallest absolute Gasteiger partial charge is 0.307 e. The molecular weight excluding hydrogens is 284 g/mol. The largest absolute Gasteiger partial charge is 0.481 e. The molecule has 116 valence electrons. The molecule has 1 heterocycles. The van der Waals surface area contributed by atoms with E-state index in [4.69, 9.17) is 0 Å². The SMILES string of the molecule is CCC1CC(C(=O)O)C(C(=O)c2ccc(C(C)(C)C)s2)C1. The molecule has 0 spiro atoms. The lowest BCUT2D eigenvalue weighted by Gasteiger charge is -2.16. The molecular formula is C17H24O3S. The third-order valence-electron chi connectivity index (χ3n) is 4.48. The summed E-state index contributed by atoms with van der Waals surface area (Å²) in [5.41, 5.74) is 0.0248. The van der Waals surface area contributed by atoms with E-state index in [1.807, 2.05) is 12.1 Å². The van der Waals surface area contributed by atoms with E-state index >= 15 is 0 Å². The van der Waals surface area contributed by atoms with Crippen LogP contribution in [0.4, 0.5) is 0 Å². The zero-order valence-electron chi connectivity index (χ0n) is 13.2. The Bertz CT molecular complexity index is 538. The molecule has 3 atom stereocenters. The minimum absolute atomic E-state index is 0.0248. The number of carboxylic acid groups (broad SMARTS) is 1. The van der Waals surface area contributed by atoms with Crippen LogP contribution in [0.2, 0.25) is 0 Å². The zero-order chi connectivity index (χ0) is 15.8. The summed E-state index contributed by atoms with van der Waals surface area (Å²) in [6.07, 6.45) is 2.31. The van der Waals surface area contributed by atoms with Gasteiger partial charge in [0, 0.05) is 10.8 Å². The number of thiophene rings is 1. The van der Waals surface area contributed by atoms with Gasteiger partial charge in [0.25, 0.3) is 0 Å². The number of carbonyl (C=O) groups excluding carboxylic acids is 1. The number of aliphatic carboxylic acids is 1. The van der Waals surface area contributed by atoms with Gasteiger partial charge in [-0.15, -0.1) is 11.3 Å². The Balaban J connectivity index is 2.22. The minimum Gasteiger partial charge on any atom is -0.481 e. The highest BCUT2D eigenvalue weighted by Gasteiger charge is 2.42. The van der Waals surface area contributed by atoms with Crippen LogP contribution in [-0.2, 0) is 10.2 Å². The fraction of sp³-hybridized carbons (Fsp3) is 0.647. The number of carbonyl (C=O) groups is 2. The quantitative estimate of drug-likeness (QED) is 0.841. The first-order valence-corrected chi connectivity index (χ1v) is 8.43. The van der Waals surface area contributed by atoms with Crippen LogP contribution in [0.3, 0.4) is 0 Å². The zero-order valence-corrected chi connectivity index (χ0v) is 14.0. The third kappa shape index (κ3) is 3.37. The lowest BCUT2D eigenvalue weighted by molar-refractivity contribution is -0.142. The van der Waals surface area contributed by atoms with Gasteiger partial charge in [0.15, 0.2) is 5.78 Å². The minimum atomic E-state index is -0.822. The topological polar surface area (TPSA) is 54.4 Å².